The van der Waals surface area contributed by atoms with Gasteiger partial charge in [0.15, 0.2) is 0 Å². The highest BCUT2D eigenvalue weighted by Crippen LogP contribution is 2.12. The highest BCUT2D eigenvalue weighted by Gasteiger charge is 2.15. The topological polar surface area (TPSA) is 40.5 Å². The summed E-state index contributed by atoms with van der Waals surface area (Å²) < 4.78 is 13.8. The minimum Gasteiger partial charge on any atom is -0.395 e. The maximum absolute atomic E-state index is 13.8. The molecule has 0 heterocycles. The number of carbonyl (C=O) groups is 1. The Morgan fingerprint density at radius 3 is 2.68 bits per heavy atom. The third-order valence-electron chi connectivity index (χ3n) is 2.77. The molecule has 0 fully saturated rings. The second-order valence-corrected chi connectivity index (χ2v) is 4.48. The van der Waals surface area contributed by atoms with Crippen LogP contribution in [0.2, 0.25) is 0 Å². The van der Waals surface area contributed by atoms with Crippen LogP contribution in [0, 0.1) is 17.7 Å². The monoisotopic (exact) mass is 263 g/mol. The van der Waals surface area contributed by atoms with Crippen LogP contribution in [0.15, 0.2) is 18.2 Å². The summed E-state index contributed by atoms with van der Waals surface area (Å²) in [6.45, 7) is 3.73. The molecule has 0 radical (unpaired) electrons. The molecule has 0 spiro atoms. The van der Waals surface area contributed by atoms with E-state index in [0.29, 0.717) is 12.0 Å². The zero-order chi connectivity index (χ0) is 14.4. The van der Waals surface area contributed by atoms with Crippen molar-refractivity contribution >= 4 is 5.91 Å². The number of benzene rings is 1. The van der Waals surface area contributed by atoms with E-state index in [-0.39, 0.29) is 24.1 Å². The van der Waals surface area contributed by atoms with E-state index < -0.39 is 5.82 Å². The number of carbonyl (C=O) groups excluding carboxylic acids is 1. The molecule has 0 aliphatic rings. The highest BCUT2D eigenvalue weighted by molar-refractivity contribution is 5.94. The number of halogens is 1. The minimum absolute atomic E-state index is 0.0512. The fraction of sp³-hybridized carbons (Fsp3) is 0.400. The van der Waals surface area contributed by atoms with Gasteiger partial charge in [-0.1, -0.05) is 11.8 Å². The lowest BCUT2D eigenvalue weighted by Gasteiger charge is -2.21. The van der Waals surface area contributed by atoms with Crippen molar-refractivity contribution in [2.24, 2.45) is 0 Å². The predicted molar refractivity (Wildman–Crippen MR) is 72.2 cm³/mol. The zero-order valence-corrected chi connectivity index (χ0v) is 11.4. The van der Waals surface area contributed by atoms with Gasteiger partial charge in [0, 0.05) is 25.1 Å². The van der Waals surface area contributed by atoms with Gasteiger partial charge in [-0.05, 0) is 32.0 Å². The van der Waals surface area contributed by atoms with Crippen molar-refractivity contribution in [1.29, 1.82) is 0 Å². The summed E-state index contributed by atoms with van der Waals surface area (Å²) in [5.41, 5.74) is 0.540. The van der Waals surface area contributed by atoms with E-state index in [2.05, 4.69) is 11.8 Å². The smallest absolute Gasteiger partial charge is 0.253 e. The first-order chi connectivity index (χ1) is 8.97. The van der Waals surface area contributed by atoms with Crippen molar-refractivity contribution in [1.82, 2.24) is 4.90 Å². The second-order valence-electron chi connectivity index (χ2n) is 4.48. The number of aliphatic hydroxyl groups excluding tert-OH is 1. The molecule has 102 valence electrons. The van der Waals surface area contributed by atoms with Gasteiger partial charge in [-0.2, -0.15) is 0 Å². The Morgan fingerprint density at radius 2 is 2.16 bits per heavy atom. The summed E-state index contributed by atoms with van der Waals surface area (Å²) in [6, 6.07) is 4.30. The van der Waals surface area contributed by atoms with E-state index in [4.69, 9.17) is 5.11 Å². The van der Waals surface area contributed by atoms with Gasteiger partial charge in [0.1, 0.15) is 5.82 Å². The molecule has 0 aliphatic heterocycles. The van der Waals surface area contributed by atoms with Gasteiger partial charge < -0.3 is 10.0 Å². The van der Waals surface area contributed by atoms with Crippen LogP contribution < -0.4 is 0 Å². The fourth-order valence-corrected chi connectivity index (χ4v) is 1.40. The molecule has 0 aromatic heterocycles. The molecule has 0 unspecified atom stereocenters. The number of hydrogen-bond donors (Lipinski definition) is 1. The molecule has 1 rings (SSSR count). The Labute approximate surface area is 113 Å². The normalized spacial score (nSPS) is 10.0. The maximum Gasteiger partial charge on any atom is 0.253 e. The van der Waals surface area contributed by atoms with Gasteiger partial charge in [-0.25, -0.2) is 4.39 Å². The maximum atomic E-state index is 13.8. The first-order valence-electron chi connectivity index (χ1n) is 6.13. The fourth-order valence-electron chi connectivity index (χ4n) is 1.40. The number of hydrogen-bond acceptors (Lipinski definition) is 2. The summed E-state index contributed by atoms with van der Waals surface area (Å²) in [7, 11) is 1.68. The van der Waals surface area contributed by atoms with Gasteiger partial charge in [-0.15, -0.1) is 0 Å². The van der Waals surface area contributed by atoms with Crippen LogP contribution in [0.3, 0.4) is 0 Å². The Kier molecular flexibility index (Phi) is 5.53. The third kappa shape index (κ3) is 4.08. The van der Waals surface area contributed by atoms with E-state index >= 15 is 0 Å². The Balaban J connectivity index is 2.95. The van der Waals surface area contributed by atoms with Gasteiger partial charge in [0.25, 0.3) is 5.91 Å². The number of amides is 1. The van der Waals surface area contributed by atoms with Crippen molar-refractivity contribution in [2.75, 3.05) is 13.7 Å². The average Bonchev–Trinajstić information content (AvgIpc) is 2.39. The van der Waals surface area contributed by atoms with Crippen LogP contribution in [0.5, 0.6) is 0 Å². The van der Waals surface area contributed by atoms with Crippen LogP contribution in [0.4, 0.5) is 4.39 Å². The molecule has 1 aromatic rings. The molecule has 1 N–H and O–H groups in total. The Hall–Kier alpha value is -1.86. The van der Waals surface area contributed by atoms with E-state index in [0.717, 1.165) is 0 Å². The molecule has 19 heavy (non-hydrogen) atoms. The van der Waals surface area contributed by atoms with Crippen molar-refractivity contribution in [3.8, 4) is 11.8 Å². The first-order valence-corrected chi connectivity index (χ1v) is 6.13. The van der Waals surface area contributed by atoms with E-state index in [9.17, 15) is 9.18 Å². The molecule has 0 saturated heterocycles. The molecule has 1 amide bonds. The molecule has 1 aromatic carbocycles. The lowest BCUT2D eigenvalue weighted by molar-refractivity contribution is 0.0754. The van der Waals surface area contributed by atoms with E-state index in [1.54, 1.807) is 18.0 Å². The summed E-state index contributed by atoms with van der Waals surface area (Å²) in [5, 5.41) is 8.60. The highest BCUT2D eigenvalue weighted by atomic mass is 19.1. The third-order valence-corrected chi connectivity index (χ3v) is 2.77. The van der Waals surface area contributed by atoms with Crippen molar-refractivity contribution < 1.29 is 14.3 Å². The molecule has 3 nitrogen and oxygen atoms in total. The number of aliphatic hydroxyl groups is 1. The van der Waals surface area contributed by atoms with E-state index in [1.165, 1.54) is 12.1 Å². The van der Waals surface area contributed by atoms with Gasteiger partial charge >= 0.3 is 0 Å². The standard InChI is InChI=1S/C15H18FNO2/c1-11(2)17(3)15(19)13-8-7-12(14(16)10-13)6-4-5-9-18/h7-8,10-11,18H,5,9H2,1-3H3. The Morgan fingerprint density at radius 1 is 1.47 bits per heavy atom. The number of rotatable bonds is 3. The molecule has 0 bridgehead atoms. The predicted octanol–water partition coefficient (Wildman–Crippen LogP) is 2.04. The first kappa shape index (κ1) is 15.2. The van der Waals surface area contributed by atoms with Crippen LogP contribution in [0.1, 0.15) is 36.2 Å². The molecular weight excluding hydrogens is 245 g/mol. The van der Waals surface area contributed by atoms with E-state index in [1.807, 2.05) is 13.8 Å². The van der Waals surface area contributed by atoms with Crippen LogP contribution in [0.25, 0.3) is 0 Å². The molecule has 4 heteroatoms. The minimum atomic E-state index is -0.520. The van der Waals surface area contributed by atoms with Crippen molar-refractivity contribution in [3.05, 3.63) is 35.1 Å². The molecule has 0 atom stereocenters. The summed E-state index contributed by atoms with van der Waals surface area (Å²) in [6.07, 6.45) is 0.302. The molecule has 0 saturated carbocycles. The molecule has 0 aliphatic carbocycles. The lowest BCUT2D eigenvalue weighted by Crippen LogP contribution is -2.33. The van der Waals surface area contributed by atoms with Crippen LogP contribution in [-0.4, -0.2) is 35.6 Å². The van der Waals surface area contributed by atoms with Crippen molar-refractivity contribution in [2.45, 2.75) is 26.3 Å². The van der Waals surface area contributed by atoms with Crippen molar-refractivity contribution in [3.63, 3.8) is 0 Å². The van der Waals surface area contributed by atoms with Gasteiger partial charge in [0.05, 0.1) is 12.2 Å². The van der Waals surface area contributed by atoms with Crippen LogP contribution >= 0.6 is 0 Å². The largest absolute Gasteiger partial charge is 0.395 e. The zero-order valence-electron chi connectivity index (χ0n) is 11.4. The Bertz CT molecular complexity index is 515. The number of nitrogens with zero attached hydrogens (tertiary/aromatic N) is 1. The average molecular weight is 263 g/mol. The lowest BCUT2D eigenvalue weighted by atomic mass is 10.1. The quantitative estimate of drug-likeness (QED) is 0.848. The summed E-state index contributed by atoms with van der Waals surface area (Å²) in [5.74, 6) is 4.53. The summed E-state index contributed by atoms with van der Waals surface area (Å²) >= 11 is 0. The second kappa shape index (κ2) is 6.91. The SMILES string of the molecule is CC(C)N(C)C(=O)c1ccc(C#CCCO)c(F)c1. The van der Waals surface area contributed by atoms with Gasteiger partial charge in [-0.3, -0.25) is 4.79 Å². The summed E-state index contributed by atoms with van der Waals surface area (Å²) in [4.78, 5) is 13.5. The van der Waals surface area contributed by atoms with Gasteiger partial charge in [0.2, 0.25) is 0 Å². The molecular formula is C15H18FNO2. The van der Waals surface area contributed by atoms with Crippen LogP contribution in [-0.2, 0) is 0 Å².